The predicted molar refractivity (Wildman–Crippen MR) is 101 cm³/mol. The van der Waals surface area contributed by atoms with Gasteiger partial charge in [-0.25, -0.2) is 9.59 Å². The number of hydrogen-bond acceptors (Lipinski definition) is 6. The standard InChI is InChI=1S/C19H27N5O3/c25-13-2-14-27-16-23-9-11-24(12-10-23)18(26)22-19(4-7-20-8-5-19)17-3-1-6-21-15-17/h1-3,6,15,20H,4-5,7-12,14,16H2,(H,22,26). The van der Waals surface area contributed by atoms with Crippen molar-refractivity contribution in [3.8, 4) is 0 Å². The number of urea groups is 1. The minimum atomic E-state index is -0.363. The van der Waals surface area contributed by atoms with Crippen LogP contribution in [0.1, 0.15) is 18.4 Å². The van der Waals surface area contributed by atoms with E-state index in [1.165, 1.54) is 6.08 Å². The van der Waals surface area contributed by atoms with Crippen molar-refractivity contribution in [2.24, 2.45) is 0 Å². The van der Waals surface area contributed by atoms with Crippen LogP contribution in [0.3, 0.4) is 0 Å². The molecule has 27 heavy (non-hydrogen) atoms. The summed E-state index contributed by atoms with van der Waals surface area (Å²) < 4.78 is 5.38. The number of nitrogens with one attached hydrogen (secondary N) is 2. The summed E-state index contributed by atoms with van der Waals surface area (Å²) in [5.41, 5.74) is 0.702. The fraction of sp³-hybridized carbons (Fsp3) is 0.579. The molecule has 0 radical (unpaired) electrons. The van der Waals surface area contributed by atoms with Crippen LogP contribution >= 0.6 is 0 Å². The van der Waals surface area contributed by atoms with Gasteiger partial charge < -0.3 is 20.3 Å². The van der Waals surface area contributed by atoms with Crippen LogP contribution in [0.4, 0.5) is 4.79 Å². The van der Waals surface area contributed by atoms with Gasteiger partial charge in [0.05, 0.1) is 18.9 Å². The Bertz CT molecular complexity index is 649. The minimum absolute atomic E-state index is 0.0230. The number of piperazine rings is 1. The first-order valence-corrected chi connectivity index (χ1v) is 9.41. The van der Waals surface area contributed by atoms with Crippen LogP contribution in [0.5, 0.6) is 0 Å². The van der Waals surface area contributed by atoms with Gasteiger partial charge in [0.25, 0.3) is 0 Å². The van der Waals surface area contributed by atoms with Crippen LogP contribution < -0.4 is 10.6 Å². The maximum Gasteiger partial charge on any atom is 0.318 e. The summed E-state index contributed by atoms with van der Waals surface area (Å²) in [4.78, 5) is 31.3. The molecule has 2 aliphatic heterocycles. The molecule has 2 amide bonds. The molecule has 3 heterocycles. The van der Waals surface area contributed by atoms with Gasteiger partial charge in [0, 0.05) is 44.6 Å². The van der Waals surface area contributed by atoms with E-state index in [1.807, 2.05) is 23.2 Å². The molecule has 1 aromatic heterocycles. The highest BCUT2D eigenvalue weighted by Gasteiger charge is 2.37. The number of amides is 2. The zero-order valence-electron chi connectivity index (χ0n) is 15.5. The Balaban J connectivity index is 1.55. The number of aromatic nitrogens is 1. The van der Waals surface area contributed by atoms with E-state index < -0.39 is 0 Å². The molecule has 8 heteroatoms. The molecule has 0 atom stereocenters. The lowest BCUT2D eigenvalue weighted by Gasteiger charge is -2.41. The van der Waals surface area contributed by atoms with Crippen LogP contribution in [0.15, 0.2) is 30.6 Å². The molecule has 3 rings (SSSR count). The van der Waals surface area contributed by atoms with Gasteiger partial charge in [-0.05, 0) is 37.6 Å². The lowest BCUT2D eigenvalue weighted by Crippen LogP contribution is -2.58. The third-order valence-corrected chi connectivity index (χ3v) is 5.24. The Hall–Kier alpha value is -2.25. The molecular weight excluding hydrogens is 346 g/mol. The van der Waals surface area contributed by atoms with Crippen LogP contribution in [0, 0.1) is 0 Å². The zero-order valence-corrected chi connectivity index (χ0v) is 15.5. The van der Waals surface area contributed by atoms with E-state index >= 15 is 0 Å². The highest BCUT2D eigenvalue weighted by atomic mass is 16.5. The van der Waals surface area contributed by atoms with Gasteiger partial charge in [-0.3, -0.25) is 9.88 Å². The summed E-state index contributed by atoms with van der Waals surface area (Å²) in [7, 11) is 0. The molecule has 2 N–H and O–H groups in total. The van der Waals surface area contributed by atoms with E-state index in [-0.39, 0.29) is 18.2 Å². The summed E-state index contributed by atoms with van der Waals surface area (Å²) in [6, 6.07) is 3.94. The highest BCUT2D eigenvalue weighted by Crippen LogP contribution is 2.30. The van der Waals surface area contributed by atoms with Gasteiger partial charge in [-0.1, -0.05) is 6.07 Å². The van der Waals surface area contributed by atoms with Gasteiger partial charge in [0.15, 0.2) is 0 Å². The number of hydrogen-bond donors (Lipinski definition) is 2. The zero-order chi connectivity index (χ0) is 19.0. The van der Waals surface area contributed by atoms with E-state index in [2.05, 4.69) is 20.5 Å². The largest absolute Gasteiger partial charge is 0.361 e. The monoisotopic (exact) mass is 373 g/mol. The SMILES string of the molecule is O=C=CCOCN1CCN(C(=O)NC2(c3cccnc3)CCNCC2)CC1. The number of carbonyl (C=O) groups excluding carboxylic acids is 2. The summed E-state index contributed by atoms with van der Waals surface area (Å²) in [5, 5.41) is 6.67. The summed E-state index contributed by atoms with van der Waals surface area (Å²) in [6.45, 7) is 5.27. The average molecular weight is 373 g/mol. The first kappa shape index (κ1) is 19.5. The van der Waals surface area contributed by atoms with Gasteiger partial charge in [-0.2, -0.15) is 0 Å². The molecule has 0 saturated carbocycles. The van der Waals surface area contributed by atoms with Gasteiger partial charge in [0.2, 0.25) is 0 Å². The van der Waals surface area contributed by atoms with E-state index in [4.69, 9.17) is 4.74 Å². The highest BCUT2D eigenvalue weighted by molar-refractivity contribution is 5.75. The molecule has 2 aliphatic rings. The van der Waals surface area contributed by atoms with Crippen molar-refractivity contribution < 1.29 is 14.3 Å². The Kier molecular flexibility index (Phi) is 6.95. The first-order chi connectivity index (χ1) is 13.2. The second kappa shape index (κ2) is 9.62. The van der Waals surface area contributed by atoms with Crippen molar-refractivity contribution in [1.82, 2.24) is 25.4 Å². The Labute approximate surface area is 159 Å². The number of ether oxygens (including phenoxy) is 1. The molecule has 8 nitrogen and oxygen atoms in total. The number of piperidine rings is 1. The smallest absolute Gasteiger partial charge is 0.318 e. The van der Waals surface area contributed by atoms with E-state index in [0.717, 1.165) is 44.6 Å². The molecular formula is C19H27N5O3. The third-order valence-electron chi connectivity index (χ3n) is 5.24. The molecule has 0 bridgehead atoms. The Morgan fingerprint density at radius 2 is 2.11 bits per heavy atom. The molecule has 2 fully saturated rings. The number of carbonyl (C=O) groups is 1. The molecule has 0 unspecified atom stereocenters. The lowest BCUT2D eigenvalue weighted by atomic mass is 9.82. The second-order valence-electron chi connectivity index (χ2n) is 6.93. The van der Waals surface area contributed by atoms with Crippen molar-refractivity contribution in [2.45, 2.75) is 18.4 Å². The molecule has 2 saturated heterocycles. The van der Waals surface area contributed by atoms with E-state index in [1.54, 1.807) is 12.1 Å². The molecule has 146 valence electrons. The van der Waals surface area contributed by atoms with E-state index in [9.17, 15) is 9.59 Å². The average Bonchev–Trinajstić information content (AvgIpc) is 2.73. The maximum absolute atomic E-state index is 12.9. The van der Waals surface area contributed by atoms with Gasteiger partial charge in [-0.15, -0.1) is 0 Å². The maximum atomic E-state index is 12.9. The minimum Gasteiger partial charge on any atom is -0.361 e. The van der Waals surface area contributed by atoms with E-state index in [0.29, 0.717) is 19.8 Å². The quantitative estimate of drug-likeness (QED) is 0.553. The molecule has 0 spiro atoms. The van der Waals surface area contributed by atoms with Crippen LogP contribution in [-0.4, -0.2) is 79.4 Å². The first-order valence-electron chi connectivity index (χ1n) is 9.41. The van der Waals surface area contributed by atoms with Crippen molar-refractivity contribution in [2.75, 3.05) is 52.6 Å². The number of rotatable bonds is 6. The Morgan fingerprint density at radius 1 is 1.33 bits per heavy atom. The summed E-state index contributed by atoms with van der Waals surface area (Å²) in [5.74, 6) is 1.69. The van der Waals surface area contributed by atoms with Crippen molar-refractivity contribution in [3.05, 3.63) is 36.2 Å². The number of pyridine rings is 1. The fourth-order valence-corrected chi connectivity index (χ4v) is 3.62. The normalized spacial score (nSPS) is 19.9. The van der Waals surface area contributed by atoms with Crippen LogP contribution in [0.2, 0.25) is 0 Å². The van der Waals surface area contributed by atoms with Gasteiger partial charge in [0.1, 0.15) is 5.94 Å². The fourth-order valence-electron chi connectivity index (χ4n) is 3.62. The van der Waals surface area contributed by atoms with Crippen LogP contribution in [-0.2, 0) is 15.1 Å². The Morgan fingerprint density at radius 3 is 2.78 bits per heavy atom. The summed E-state index contributed by atoms with van der Waals surface area (Å²) in [6.07, 6.45) is 6.63. The predicted octanol–water partition coefficient (Wildman–Crippen LogP) is 0.349. The van der Waals surface area contributed by atoms with Crippen LogP contribution in [0.25, 0.3) is 0 Å². The summed E-state index contributed by atoms with van der Waals surface area (Å²) >= 11 is 0. The van der Waals surface area contributed by atoms with Crippen molar-refractivity contribution in [1.29, 1.82) is 0 Å². The third kappa shape index (κ3) is 5.14. The van der Waals surface area contributed by atoms with Gasteiger partial charge >= 0.3 is 6.03 Å². The second-order valence-corrected chi connectivity index (χ2v) is 6.93. The van der Waals surface area contributed by atoms with Crippen molar-refractivity contribution >= 4 is 12.0 Å². The lowest BCUT2D eigenvalue weighted by molar-refractivity contribution is 0.0192. The molecule has 1 aromatic rings. The van der Waals surface area contributed by atoms with Crippen molar-refractivity contribution in [3.63, 3.8) is 0 Å². The molecule has 0 aliphatic carbocycles. The molecule has 0 aromatic carbocycles. The topological polar surface area (TPSA) is 86.8 Å². The number of nitrogens with zero attached hydrogens (tertiary/aromatic N) is 3.